The maximum atomic E-state index is 12.7. The minimum absolute atomic E-state index is 0.0333. The molecule has 3 heteroatoms. The molecule has 0 radical (unpaired) electrons. The number of carbonyl (C=O) groups excluding carboxylic acids is 3. The van der Waals surface area contributed by atoms with Gasteiger partial charge in [0.1, 0.15) is 11.6 Å². The minimum Gasteiger partial charge on any atom is -0.299 e. The van der Waals surface area contributed by atoms with E-state index in [-0.39, 0.29) is 35.6 Å². The Morgan fingerprint density at radius 3 is 1.72 bits per heavy atom. The summed E-state index contributed by atoms with van der Waals surface area (Å²) in [6.45, 7) is 18.9. The second-order valence-corrected chi connectivity index (χ2v) is 14.5. The van der Waals surface area contributed by atoms with Crippen LogP contribution < -0.4 is 0 Å². The number of carbonyl (C=O) groups is 3. The van der Waals surface area contributed by atoms with Crippen molar-refractivity contribution in [3.63, 3.8) is 0 Å². The number of Topliss-reactive ketones (excluding diaryl/α,β-unsaturated/α-hetero) is 3. The van der Waals surface area contributed by atoms with Crippen molar-refractivity contribution < 1.29 is 14.4 Å². The van der Waals surface area contributed by atoms with Gasteiger partial charge in [-0.3, -0.25) is 14.4 Å². The monoisotopic (exact) mass is 655 g/mol. The molecular weight excluding hydrogens is 576 g/mol. The Hall–Kier alpha value is -1.77. The number of hydrogen-bond acceptors (Lipinski definition) is 3. The van der Waals surface area contributed by atoms with E-state index in [1.54, 1.807) is 0 Å². The highest BCUT2D eigenvalue weighted by Gasteiger charge is 2.33. The zero-order chi connectivity index (χ0) is 35.5. The summed E-state index contributed by atoms with van der Waals surface area (Å²) >= 11 is 0. The Morgan fingerprint density at radius 2 is 1.30 bits per heavy atom. The normalized spacial score (nSPS) is 18.3. The van der Waals surface area contributed by atoms with Crippen molar-refractivity contribution in [2.45, 2.75) is 204 Å². The van der Waals surface area contributed by atoms with Gasteiger partial charge in [0, 0.05) is 24.3 Å². The van der Waals surface area contributed by atoms with Crippen LogP contribution in [-0.2, 0) is 16.0 Å². The van der Waals surface area contributed by atoms with Crippen molar-refractivity contribution in [2.24, 2.45) is 23.7 Å². The van der Waals surface area contributed by atoms with Crippen LogP contribution in [0.25, 0.3) is 0 Å². The predicted molar refractivity (Wildman–Crippen MR) is 206 cm³/mol. The topological polar surface area (TPSA) is 51.2 Å². The van der Waals surface area contributed by atoms with E-state index in [9.17, 15) is 14.4 Å². The molecule has 0 amide bonds. The number of ketones is 3. The third-order valence-electron chi connectivity index (χ3n) is 10.2. The van der Waals surface area contributed by atoms with Crippen LogP contribution in [0, 0.1) is 30.6 Å². The number of fused-ring (bicyclic) bond motifs is 1. The van der Waals surface area contributed by atoms with Gasteiger partial charge in [-0.2, -0.15) is 0 Å². The molecule has 0 aromatic heterocycles. The lowest BCUT2D eigenvalue weighted by Crippen LogP contribution is -2.30. The van der Waals surface area contributed by atoms with Crippen LogP contribution in [0.1, 0.15) is 212 Å². The standard InChI is InChI=1S/C24H34O3.C7H14.C6H12.C4H10.C3H8/c1-5-9-18(21(7-3)22(26)15-20(25)6-2)12-17-13-19-11-8-10-16(4)24(19)23(27)14-17;1-2-7-5-3-4-6-7;1-2-4-6-5-3-1;1-3-4-2;1-3-2/h8,10-11,17-18,21H,5-7,9,12-15H2,1-4H3;7H,2-6H2,1H3;1-6H2;3-4H2,1-2H3;3H2,1-2H3. The predicted octanol–water partition coefficient (Wildman–Crippen LogP) is 13.7. The average Bonchev–Trinajstić information content (AvgIpc) is 3.61. The van der Waals surface area contributed by atoms with E-state index in [0.717, 1.165) is 54.7 Å². The largest absolute Gasteiger partial charge is 0.299 e. The molecule has 0 bridgehead atoms. The molecule has 0 N–H and O–H groups in total. The smallest absolute Gasteiger partial charge is 0.163 e. The van der Waals surface area contributed by atoms with Crippen molar-refractivity contribution in [2.75, 3.05) is 0 Å². The SMILES string of the molecule is C1CCCCC1.CCC.CCC1CCCC1.CCCC.CCCC(CC1CC(=O)c2c(C)cccc2C1)C(CC)C(=O)CC(=O)CC. The first-order chi connectivity index (χ1) is 22.7. The number of hydrogen-bond donors (Lipinski definition) is 0. The van der Waals surface area contributed by atoms with E-state index < -0.39 is 0 Å². The Balaban J connectivity index is 0.000000845. The molecule has 1 aromatic rings. The van der Waals surface area contributed by atoms with Gasteiger partial charge < -0.3 is 0 Å². The van der Waals surface area contributed by atoms with Crippen LogP contribution in [0.2, 0.25) is 0 Å². The molecule has 3 unspecified atom stereocenters. The van der Waals surface area contributed by atoms with Gasteiger partial charge in [0.05, 0.1) is 6.42 Å². The molecule has 47 heavy (non-hydrogen) atoms. The minimum atomic E-state index is -0.0607. The summed E-state index contributed by atoms with van der Waals surface area (Å²) in [6, 6.07) is 6.11. The summed E-state index contributed by atoms with van der Waals surface area (Å²) in [7, 11) is 0. The molecule has 2 fully saturated rings. The third-order valence-corrected chi connectivity index (χ3v) is 10.2. The fraction of sp³-hybridized carbons (Fsp3) is 0.795. The zero-order valence-electron chi connectivity index (χ0n) is 32.8. The Bertz CT molecular complexity index is 924. The van der Waals surface area contributed by atoms with Gasteiger partial charge in [0.25, 0.3) is 0 Å². The summed E-state index contributed by atoms with van der Waals surface area (Å²) in [4.78, 5) is 37.2. The van der Waals surface area contributed by atoms with Crippen LogP contribution in [-0.4, -0.2) is 17.3 Å². The molecule has 1 aromatic carbocycles. The van der Waals surface area contributed by atoms with Crippen molar-refractivity contribution >= 4 is 17.3 Å². The maximum absolute atomic E-state index is 12.7. The maximum Gasteiger partial charge on any atom is 0.163 e. The Labute approximate surface area is 293 Å². The molecule has 3 aliphatic rings. The van der Waals surface area contributed by atoms with Crippen molar-refractivity contribution in [3.05, 3.63) is 34.9 Å². The third kappa shape index (κ3) is 19.7. The molecule has 3 atom stereocenters. The molecule has 3 nitrogen and oxygen atoms in total. The zero-order valence-corrected chi connectivity index (χ0v) is 32.8. The second kappa shape index (κ2) is 29.2. The summed E-state index contributed by atoms with van der Waals surface area (Å²) < 4.78 is 0. The van der Waals surface area contributed by atoms with Crippen molar-refractivity contribution in [1.29, 1.82) is 0 Å². The fourth-order valence-corrected chi connectivity index (χ4v) is 7.25. The van der Waals surface area contributed by atoms with Crippen LogP contribution in [0.4, 0.5) is 0 Å². The van der Waals surface area contributed by atoms with Crippen molar-refractivity contribution in [1.82, 2.24) is 0 Å². The number of rotatable bonds is 12. The highest BCUT2D eigenvalue weighted by atomic mass is 16.1. The molecule has 0 aliphatic heterocycles. The van der Waals surface area contributed by atoms with Gasteiger partial charge in [-0.15, -0.1) is 0 Å². The lowest BCUT2D eigenvalue weighted by molar-refractivity contribution is -0.130. The van der Waals surface area contributed by atoms with Gasteiger partial charge in [-0.25, -0.2) is 0 Å². The summed E-state index contributed by atoms with van der Waals surface area (Å²) in [5.74, 6) is 1.98. The Kier molecular flexibility index (Phi) is 28.1. The number of unbranched alkanes of at least 4 members (excludes halogenated alkanes) is 1. The van der Waals surface area contributed by atoms with Gasteiger partial charge in [0.2, 0.25) is 0 Å². The summed E-state index contributed by atoms with van der Waals surface area (Å²) in [5.41, 5.74) is 3.14. The molecule has 0 heterocycles. The first-order valence-electron chi connectivity index (χ1n) is 20.3. The van der Waals surface area contributed by atoms with Crippen LogP contribution >= 0.6 is 0 Å². The first-order valence-corrected chi connectivity index (χ1v) is 20.3. The van der Waals surface area contributed by atoms with E-state index in [2.05, 4.69) is 47.6 Å². The number of benzene rings is 1. The molecule has 272 valence electrons. The Morgan fingerprint density at radius 1 is 0.745 bits per heavy atom. The highest BCUT2D eigenvalue weighted by Crippen LogP contribution is 2.36. The van der Waals surface area contributed by atoms with E-state index in [1.807, 2.05) is 32.9 Å². The quantitative estimate of drug-likeness (QED) is 0.211. The van der Waals surface area contributed by atoms with E-state index in [0.29, 0.717) is 18.8 Å². The molecule has 3 aliphatic carbocycles. The van der Waals surface area contributed by atoms with Gasteiger partial charge in [-0.05, 0) is 55.1 Å². The molecule has 0 saturated heterocycles. The van der Waals surface area contributed by atoms with E-state index >= 15 is 0 Å². The summed E-state index contributed by atoms with van der Waals surface area (Å²) in [5, 5.41) is 0. The molecule has 0 spiro atoms. The lowest BCUT2D eigenvalue weighted by atomic mass is 9.72. The van der Waals surface area contributed by atoms with Crippen LogP contribution in [0.3, 0.4) is 0 Å². The van der Waals surface area contributed by atoms with Gasteiger partial charge in [-0.1, -0.05) is 176 Å². The molecule has 2 saturated carbocycles. The number of aryl methyl sites for hydroxylation is 1. The molecular formula is C44H78O3. The highest BCUT2D eigenvalue weighted by molar-refractivity contribution is 6.00. The van der Waals surface area contributed by atoms with Crippen LogP contribution in [0.15, 0.2) is 18.2 Å². The van der Waals surface area contributed by atoms with Gasteiger partial charge >= 0.3 is 0 Å². The second-order valence-electron chi connectivity index (χ2n) is 14.5. The first kappa shape index (κ1) is 45.2. The van der Waals surface area contributed by atoms with Crippen LogP contribution in [0.5, 0.6) is 0 Å². The van der Waals surface area contributed by atoms with Crippen molar-refractivity contribution in [3.8, 4) is 0 Å². The fourth-order valence-electron chi connectivity index (χ4n) is 7.25. The average molecular weight is 655 g/mol. The summed E-state index contributed by atoms with van der Waals surface area (Å²) in [6.07, 6.45) is 26.0. The van der Waals surface area contributed by atoms with E-state index in [4.69, 9.17) is 0 Å². The van der Waals surface area contributed by atoms with E-state index in [1.165, 1.54) is 89.9 Å². The molecule has 4 rings (SSSR count). The van der Waals surface area contributed by atoms with Gasteiger partial charge in [0.15, 0.2) is 5.78 Å². The lowest BCUT2D eigenvalue weighted by Gasteiger charge is -2.31.